The Kier molecular flexibility index (Phi) is 4.85. The Bertz CT molecular complexity index is 952. The van der Waals surface area contributed by atoms with Gasteiger partial charge in [-0.25, -0.2) is 13.2 Å². The summed E-state index contributed by atoms with van der Waals surface area (Å²) in [5.41, 5.74) is -0.268. The fourth-order valence-corrected chi connectivity index (χ4v) is 2.75. The van der Waals surface area contributed by atoms with Gasteiger partial charge in [0.2, 0.25) is 0 Å². The zero-order valence-corrected chi connectivity index (χ0v) is 13.8. The van der Waals surface area contributed by atoms with Gasteiger partial charge in [0.05, 0.1) is 5.56 Å². The van der Waals surface area contributed by atoms with Crippen LogP contribution in [0, 0.1) is 17.5 Å². The molecule has 3 rings (SSSR count). The van der Waals surface area contributed by atoms with Crippen LogP contribution in [0.4, 0.5) is 22.0 Å². The van der Waals surface area contributed by atoms with Crippen LogP contribution < -0.4 is 4.74 Å². The second-order valence-corrected chi connectivity index (χ2v) is 5.93. The number of rotatable bonds is 5. The minimum Gasteiger partial charge on any atom is -0.429 e. The third-order valence-electron chi connectivity index (χ3n) is 4.01. The van der Waals surface area contributed by atoms with Crippen molar-refractivity contribution in [3.05, 3.63) is 77.1 Å². The van der Waals surface area contributed by atoms with Crippen molar-refractivity contribution in [2.45, 2.75) is 25.9 Å². The van der Waals surface area contributed by atoms with Crippen molar-refractivity contribution >= 4 is 10.8 Å². The van der Waals surface area contributed by atoms with Crippen molar-refractivity contribution in [2.24, 2.45) is 0 Å². The number of benzene rings is 3. The number of hydrogen-bond acceptors (Lipinski definition) is 1. The molecule has 0 unspecified atom stereocenters. The second-order valence-electron chi connectivity index (χ2n) is 5.93. The van der Waals surface area contributed by atoms with E-state index in [4.69, 9.17) is 0 Å². The molecule has 3 aromatic rings. The molecule has 0 aliphatic rings. The zero-order chi connectivity index (χ0) is 18.9. The number of aryl methyl sites for hydroxylation is 1. The van der Waals surface area contributed by atoms with Crippen molar-refractivity contribution < 1.29 is 26.7 Å². The van der Waals surface area contributed by atoms with Crippen LogP contribution in [0.15, 0.2) is 48.5 Å². The van der Waals surface area contributed by atoms with Crippen LogP contribution in [-0.4, -0.2) is 0 Å². The third-order valence-corrected chi connectivity index (χ3v) is 4.01. The molecule has 6 heteroatoms. The molecule has 0 saturated carbocycles. The lowest BCUT2D eigenvalue weighted by Crippen LogP contribution is -2.23. The highest BCUT2D eigenvalue weighted by Gasteiger charge is 2.37. The summed E-state index contributed by atoms with van der Waals surface area (Å²) < 4.78 is 74.3. The highest BCUT2D eigenvalue weighted by Crippen LogP contribution is 2.35. The Morgan fingerprint density at radius 3 is 2.35 bits per heavy atom. The quantitative estimate of drug-likeness (QED) is 0.479. The number of hydrogen-bond donors (Lipinski definition) is 0. The van der Waals surface area contributed by atoms with Crippen LogP contribution in [-0.2, 0) is 12.5 Å². The molecule has 0 spiro atoms. The van der Waals surface area contributed by atoms with Crippen molar-refractivity contribution in [1.82, 2.24) is 0 Å². The van der Waals surface area contributed by atoms with Gasteiger partial charge >= 0.3 is 6.11 Å². The molecule has 0 aliphatic carbocycles. The first-order valence-corrected chi connectivity index (χ1v) is 8.05. The Labute approximate surface area is 147 Å². The number of halogens is 5. The minimum atomic E-state index is -3.92. The Balaban J connectivity index is 1.92. The number of ether oxygens (including phenoxy) is 1. The van der Waals surface area contributed by atoms with Crippen LogP contribution in [0.1, 0.15) is 24.5 Å². The van der Waals surface area contributed by atoms with Crippen molar-refractivity contribution in [3.63, 3.8) is 0 Å². The van der Waals surface area contributed by atoms with E-state index in [9.17, 15) is 22.0 Å². The highest BCUT2D eigenvalue weighted by molar-refractivity contribution is 5.84. The van der Waals surface area contributed by atoms with Gasteiger partial charge in [-0.05, 0) is 53.8 Å². The molecule has 0 bridgehead atoms. The molecule has 0 aliphatic heterocycles. The first-order valence-electron chi connectivity index (χ1n) is 8.05. The monoisotopic (exact) mass is 366 g/mol. The molecule has 26 heavy (non-hydrogen) atoms. The molecule has 0 radical (unpaired) electrons. The molecule has 0 amide bonds. The van der Waals surface area contributed by atoms with E-state index in [1.54, 1.807) is 0 Å². The molecule has 1 nitrogen and oxygen atoms in total. The number of alkyl halides is 2. The van der Waals surface area contributed by atoms with Crippen molar-refractivity contribution in [1.29, 1.82) is 0 Å². The maximum Gasteiger partial charge on any atom is 0.429 e. The Morgan fingerprint density at radius 1 is 0.885 bits per heavy atom. The molecule has 136 valence electrons. The first-order chi connectivity index (χ1) is 12.3. The summed E-state index contributed by atoms with van der Waals surface area (Å²) in [6.45, 7) is 1.90. The van der Waals surface area contributed by atoms with Gasteiger partial charge in [-0.1, -0.05) is 25.5 Å². The zero-order valence-electron chi connectivity index (χ0n) is 13.8. The van der Waals surface area contributed by atoms with Crippen LogP contribution >= 0.6 is 0 Å². The lowest BCUT2D eigenvalue weighted by molar-refractivity contribution is -0.187. The van der Waals surface area contributed by atoms with Crippen molar-refractivity contribution in [3.8, 4) is 5.75 Å². The maximum absolute atomic E-state index is 14.4. The molecule has 0 N–H and O–H groups in total. The second kappa shape index (κ2) is 6.94. The normalized spacial score (nSPS) is 11.8. The van der Waals surface area contributed by atoms with Gasteiger partial charge < -0.3 is 4.74 Å². The minimum absolute atomic E-state index is 0.0595. The Morgan fingerprint density at radius 2 is 1.65 bits per heavy atom. The SMILES string of the molecule is CCCc1ccc(C(F)(F)Oc2ccc3c(F)c(F)ccc3c2)c(F)c1. The fourth-order valence-electron chi connectivity index (χ4n) is 2.75. The van der Waals surface area contributed by atoms with Gasteiger partial charge in [-0.15, -0.1) is 0 Å². The van der Waals surface area contributed by atoms with E-state index in [0.717, 1.165) is 42.8 Å². The van der Waals surface area contributed by atoms with Crippen LogP contribution in [0.3, 0.4) is 0 Å². The van der Waals surface area contributed by atoms with Gasteiger partial charge in [0.1, 0.15) is 11.6 Å². The van der Waals surface area contributed by atoms with Crippen LogP contribution in [0.5, 0.6) is 5.75 Å². The third kappa shape index (κ3) is 3.49. The molecular weight excluding hydrogens is 351 g/mol. The average molecular weight is 366 g/mol. The summed E-state index contributed by atoms with van der Waals surface area (Å²) in [7, 11) is 0. The highest BCUT2D eigenvalue weighted by atomic mass is 19.3. The summed E-state index contributed by atoms with van der Waals surface area (Å²) in [5.74, 6) is -3.45. The van der Waals surface area contributed by atoms with Gasteiger partial charge in [0.15, 0.2) is 11.6 Å². The van der Waals surface area contributed by atoms with Gasteiger partial charge in [-0.2, -0.15) is 8.78 Å². The molecule has 3 aromatic carbocycles. The predicted molar refractivity (Wildman–Crippen MR) is 88.8 cm³/mol. The summed E-state index contributed by atoms with van der Waals surface area (Å²) >= 11 is 0. The topological polar surface area (TPSA) is 9.23 Å². The summed E-state index contributed by atoms with van der Waals surface area (Å²) in [5, 5.41) is 0.131. The summed E-state index contributed by atoms with van der Waals surface area (Å²) in [6, 6.07) is 9.00. The lowest BCUT2D eigenvalue weighted by atomic mass is 10.1. The van der Waals surface area contributed by atoms with Crippen molar-refractivity contribution in [2.75, 3.05) is 0 Å². The molecule has 0 heterocycles. The van der Waals surface area contributed by atoms with E-state index >= 15 is 0 Å². The molecule has 0 aromatic heterocycles. The molecule has 0 saturated heterocycles. The largest absolute Gasteiger partial charge is 0.429 e. The van der Waals surface area contributed by atoms with Crippen LogP contribution in [0.25, 0.3) is 10.8 Å². The van der Waals surface area contributed by atoms with Gasteiger partial charge in [-0.3, -0.25) is 0 Å². The maximum atomic E-state index is 14.4. The predicted octanol–water partition coefficient (Wildman–Crippen LogP) is 6.34. The van der Waals surface area contributed by atoms with E-state index in [2.05, 4.69) is 4.74 Å². The Hall–Kier alpha value is -2.63. The van der Waals surface area contributed by atoms with E-state index < -0.39 is 29.1 Å². The van der Waals surface area contributed by atoms with E-state index in [1.807, 2.05) is 6.92 Å². The first kappa shape index (κ1) is 18.2. The van der Waals surface area contributed by atoms with Crippen LogP contribution in [0.2, 0.25) is 0 Å². The smallest absolute Gasteiger partial charge is 0.429 e. The summed E-state index contributed by atoms with van der Waals surface area (Å²) in [4.78, 5) is 0. The van der Waals surface area contributed by atoms with E-state index in [-0.39, 0.29) is 16.5 Å². The molecular formula is C20H15F5O. The fraction of sp³-hybridized carbons (Fsp3) is 0.200. The average Bonchev–Trinajstić information content (AvgIpc) is 2.58. The lowest BCUT2D eigenvalue weighted by Gasteiger charge is -2.19. The van der Waals surface area contributed by atoms with Gasteiger partial charge in [0, 0.05) is 5.39 Å². The summed E-state index contributed by atoms with van der Waals surface area (Å²) in [6.07, 6.45) is -2.57. The van der Waals surface area contributed by atoms with E-state index in [0.29, 0.717) is 12.0 Å². The molecule has 0 atom stereocenters. The number of fused-ring (bicyclic) bond motifs is 1. The van der Waals surface area contributed by atoms with Gasteiger partial charge in [0.25, 0.3) is 0 Å². The molecule has 0 fully saturated rings. The standard InChI is InChI=1S/C20H15F5O/c1-2-3-12-4-8-16(18(22)10-12)20(24,25)26-14-6-7-15-13(11-14)5-9-17(21)19(15)23/h4-11H,2-3H2,1H3. The van der Waals surface area contributed by atoms with E-state index in [1.165, 1.54) is 12.1 Å².